The first-order chi connectivity index (χ1) is 20.1. The van der Waals surface area contributed by atoms with Crippen LogP contribution in [0.4, 0.5) is 20.6 Å². The molecule has 0 spiro atoms. The summed E-state index contributed by atoms with van der Waals surface area (Å²) in [5.41, 5.74) is 2.70. The summed E-state index contributed by atoms with van der Waals surface area (Å²) in [7, 11) is 0. The van der Waals surface area contributed by atoms with Crippen LogP contribution in [-0.4, -0.2) is 24.1 Å². The predicted octanol–water partition coefficient (Wildman–Crippen LogP) is 9.63. The maximum absolute atomic E-state index is 13.9. The average molecular weight is 596 g/mol. The Morgan fingerprint density at radius 1 is 0.833 bits per heavy atom. The number of ether oxygens (including phenoxy) is 2. The number of carbonyl (C=O) groups excluding carboxylic acids is 3. The van der Waals surface area contributed by atoms with Crippen molar-refractivity contribution in [2.75, 3.05) is 4.90 Å². The zero-order chi connectivity index (χ0) is 30.6. The molecule has 8 heteroatoms. The van der Waals surface area contributed by atoms with Gasteiger partial charge in [0.05, 0.1) is 16.4 Å². The Balaban J connectivity index is 1.75. The number of unbranched alkanes of at least 4 members (excludes halogenated alkanes) is 6. The Bertz CT molecular complexity index is 1390. The Labute approximate surface area is 252 Å². The fraction of sp³-hybridized carbons (Fsp3) is 0.382. The number of ketones is 1. The van der Waals surface area contributed by atoms with Crippen molar-refractivity contribution in [3.8, 4) is 0 Å². The van der Waals surface area contributed by atoms with Gasteiger partial charge in [-0.1, -0.05) is 81.3 Å². The number of amides is 1. The van der Waals surface area contributed by atoms with E-state index in [9.17, 15) is 18.8 Å². The lowest BCUT2D eigenvalue weighted by Crippen LogP contribution is -2.32. The summed E-state index contributed by atoms with van der Waals surface area (Å²) in [5.74, 6) is -1.16. The Hall–Kier alpha value is -3.71. The highest BCUT2D eigenvalue weighted by Crippen LogP contribution is 2.34. The molecule has 0 radical (unpaired) electrons. The number of esters is 1. The van der Waals surface area contributed by atoms with Crippen molar-refractivity contribution in [1.82, 2.24) is 0 Å². The molecule has 6 nitrogen and oxygen atoms in total. The summed E-state index contributed by atoms with van der Waals surface area (Å²) < 4.78 is 24.7. The molecule has 3 rings (SSSR count). The van der Waals surface area contributed by atoms with Crippen LogP contribution in [0, 0.1) is 19.7 Å². The molecule has 0 saturated heterocycles. The van der Waals surface area contributed by atoms with Gasteiger partial charge in [-0.15, -0.1) is 0 Å². The number of halogens is 2. The number of carbonyl (C=O) groups is 3. The van der Waals surface area contributed by atoms with Crippen molar-refractivity contribution in [2.45, 2.75) is 85.4 Å². The number of aryl methyl sites for hydroxylation is 2. The fourth-order valence-electron chi connectivity index (χ4n) is 4.70. The molecule has 0 fully saturated rings. The van der Waals surface area contributed by atoms with Crippen LogP contribution < -0.4 is 4.90 Å². The van der Waals surface area contributed by atoms with Crippen molar-refractivity contribution in [1.29, 1.82) is 0 Å². The van der Waals surface area contributed by atoms with Gasteiger partial charge in [0.15, 0.2) is 5.78 Å². The molecule has 0 aliphatic heterocycles. The lowest BCUT2D eigenvalue weighted by molar-refractivity contribution is -0.164. The number of anilines is 2. The molecule has 0 N–H and O–H groups in total. The second kappa shape index (κ2) is 16.1. The first-order valence-electron chi connectivity index (χ1n) is 14.5. The zero-order valence-electron chi connectivity index (χ0n) is 24.8. The van der Waals surface area contributed by atoms with Gasteiger partial charge < -0.3 is 9.47 Å². The van der Waals surface area contributed by atoms with Gasteiger partial charge >= 0.3 is 12.1 Å². The molecular weight excluding hydrogens is 557 g/mol. The van der Waals surface area contributed by atoms with E-state index in [4.69, 9.17) is 21.1 Å². The van der Waals surface area contributed by atoms with Crippen LogP contribution in [-0.2, 0) is 14.3 Å². The second-order valence-corrected chi connectivity index (χ2v) is 10.8. The quantitative estimate of drug-likeness (QED) is 0.0802. The Kier molecular flexibility index (Phi) is 12.5. The van der Waals surface area contributed by atoms with Gasteiger partial charge in [0.2, 0.25) is 6.29 Å². The molecule has 42 heavy (non-hydrogen) atoms. The van der Waals surface area contributed by atoms with Crippen molar-refractivity contribution in [2.24, 2.45) is 0 Å². The first-order valence-corrected chi connectivity index (χ1v) is 14.9. The first kappa shape index (κ1) is 32.8. The third-order valence-corrected chi connectivity index (χ3v) is 7.29. The summed E-state index contributed by atoms with van der Waals surface area (Å²) in [6.45, 7) is 7.13. The minimum Gasteiger partial charge on any atom is -0.425 e. The van der Waals surface area contributed by atoms with Crippen molar-refractivity contribution < 1.29 is 28.2 Å². The molecule has 1 unspecified atom stereocenters. The molecule has 3 aromatic carbocycles. The highest BCUT2D eigenvalue weighted by atomic mass is 35.5. The number of rotatable bonds is 14. The number of nitrogens with zero attached hydrogens (tertiary/aromatic N) is 1. The van der Waals surface area contributed by atoms with Crippen LogP contribution in [0.25, 0.3) is 0 Å². The van der Waals surface area contributed by atoms with Crippen LogP contribution >= 0.6 is 11.6 Å². The van der Waals surface area contributed by atoms with Gasteiger partial charge in [-0.25, -0.2) is 14.1 Å². The van der Waals surface area contributed by atoms with E-state index in [2.05, 4.69) is 6.92 Å². The molecule has 0 aliphatic rings. The monoisotopic (exact) mass is 595 g/mol. The molecule has 0 aromatic heterocycles. The molecule has 0 aliphatic carbocycles. The Morgan fingerprint density at radius 3 is 2.19 bits per heavy atom. The van der Waals surface area contributed by atoms with Crippen molar-refractivity contribution >= 4 is 40.8 Å². The van der Waals surface area contributed by atoms with E-state index in [1.165, 1.54) is 61.4 Å². The normalized spacial score (nSPS) is 11.6. The maximum atomic E-state index is 13.9. The number of hydrogen-bond donors (Lipinski definition) is 0. The summed E-state index contributed by atoms with van der Waals surface area (Å²) in [4.78, 5) is 40.2. The van der Waals surface area contributed by atoms with E-state index in [1.807, 2.05) is 19.1 Å². The topological polar surface area (TPSA) is 72.9 Å². The summed E-state index contributed by atoms with van der Waals surface area (Å²) in [6, 6.07) is 15.7. The van der Waals surface area contributed by atoms with Gasteiger partial charge in [0, 0.05) is 24.5 Å². The standard InChI is InChI=1S/C34H39ClFNO5/c1-5-6-7-8-9-10-11-16-32(38)41-25(4)42-34(40)37(31-20-17-26(36)21-24(31)3)27-18-19-29(30(35)22-27)33(39)28-15-13-12-14-23(28)2/h12-15,17-22,25H,5-11,16H2,1-4H3. The largest absolute Gasteiger partial charge is 0.425 e. The van der Waals surface area contributed by atoms with E-state index < -0.39 is 24.2 Å². The van der Waals surface area contributed by atoms with Crippen LogP contribution in [0.2, 0.25) is 5.02 Å². The maximum Gasteiger partial charge on any atom is 0.422 e. The molecule has 0 heterocycles. The van der Waals surface area contributed by atoms with Gasteiger partial charge in [-0.2, -0.15) is 0 Å². The second-order valence-electron chi connectivity index (χ2n) is 10.4. The van der Waals surface area contributed by atoms with Gasteiger partial charge in [-0.3, -0.25) is 9.59 Å². The predicted molar refractivity (Wildman–Crippen MR) is 164 cm³/mol. The fourth-order valence-corrected chi connectivity index (χ4v) is 4.96. The highest BCUT2D eigenvalue weighted by molar-refractivity contribution is 6.35. The molecule has 224 valence electrons. The third-order valence-electron chi connectivity index (χ3n) is 6.98. The summed E-state index contributed by atoms with van der Waals surface area (Å²) in [6.07, 6.45) is 5.71. The van der Waals surface area contributed by atoms with Crippen LogP contribution in [0.3, 0.4) is 0 Å². The highest BCUT2D eigenvalue weighted by Gasteiger charge is 2.26. The van der Waals surface area contributed by atoms with E-state index in [0.29, 0.717) is 28.9 Å². The van der Waals surface area contributed by atoms with Crippen molar-refractivity contribution in [3.63, 3.8) is 0 Å². The molecule has 3 aromatic rings. The van der Waals surface area contributed by atoms with Gasteiger partial charge in [-0.05, 0) is 67.8 Å². The third kappa shape index (κ3) is 9.15. The minimum absolute atomic E-state index is 0.132. The molecule has 0 saturated carbocycles. The number of benzene rings is 3. The molecular formula is C34H39ClFNO5. The smallest absolute Gasteiger partial charge is 0.422 e. The van der Waals surface area contributed by atoms with Gasteiger partial charge in [0.1, 0.15) is 5.82 Å². The molecule has 1 atom stereocenters. The van der Waals surface area contributed by atoms with Gasteiger partial charge in [0.25, 0.3) is 0 Å². The lowest BCUT2D eigenvalue weighted by atomic mass is 9.99. The van der Waals surface area contributed by atoms with E-state index >= 15 is 0 Å². The Morgan fingerprint density at radius 2 is 1.52 bits per heavy atom. The minimum atomic E-state index is -1.16. The van der Waals surface area contributed by atoms with E-state index in [-0.39, 0.29) is 22.8 Å². The lowest BCUT2D eigenvalue weighted by Gasteiger charge is -2.26. The van der Waals surface area contributed by atoms with Crippen LogP contribution in [0.5, 0.6) is 0 Å². The zero-order valence-corrected chi connectivity index (χ0v) is 25.5. The number of hydrogen-bond acceptors (Lipinski definition) is 5. The van der Waals surface area contributed by atoms with Crippen LogP contribution in [0.1, 0.15) is 92.3 Å². The van der Waals surface area contributed by atoms with Crippen molar-refractivity contribution in [3.05, 3.63) is 93.8 Å². The summed E-state index contributed by atoms with van der Waals surface area (Å²) in [5, 5.41) is 0.132. The molecule has 0 bridgehead atoms. The molecule has 1 amide bonds. The summed E-state index contributed by atoms with van der Waals surface area (Å²) >= 11 is 6.57. The SMILES string of the molecule is CCCCCCCCCC(=O)OC(C)OC(=O)N(c1ccc(C(=O)c2ccccc2C)c(Cl)c1)c1ccc(F)cc1C. The average Bonchev–Trinajstić information content (AvgIpc) is 2.94. The van der Waals surface area contributed by atoms with Crippen LogP contribution in [0.15, 0.2) is 60.7 Å². The van der Waals surface area contributed by atoms with E-state index in [0.717, 1.165) is 24.8 Å². The van der Waals surface area contributed by atoms with E-state index in [1.54, 1.807) is 25.1 Å².